The highest BCUT2D eigenvalue weighted by Crippen LogP contribution is 2.17. The van der Waals surface area contributed by atoms with Crippen molar-refractivity contribution in [2.45, 2.75) is 6.54 Å². The van der Waals surface area contributed by atoms with E-state index in [0.29, 0.717) is 5.82 Å². The van der Waals surface area contributed by atoms with Gasteiger partial charge in [-0.2, -0.15) is 5.10 Å². The average molecular weight is 296 g/mol. The van der Waals surface area contributed by atoms with Crippen LogP contribution in [-0.4, -0.2) is 27.8 Å². The maximum atomic E-state index is 11.1. The molecule has 0 bridgehead atoms. The zero-order valence-corrected chi connectivity index (χ0v) is 10.7. The van der Waals surface area contributed by atoms with E-state index in [0.717, 1.165) is 10.0 Å². The van der Waals surface area contributed by atoms with E-state index >= 15 is 0 Å². The van der Waals surface area contributed by atoms with Crippen molar-refractivity contribution in [2.24, 2.45) is 0 Å². The molecule has 2 rings (SSSR count). The molecular formula is C11H10BrN3O2. The van der Waals surface area contributed by atoms with Crippen LogP contribution in [0, 0.1) is 0 Å². The molecule has 0 aliphatic carbocycles. The molecule has 0 aliphatic heterocycles. The number of rotatable bonds is 3. The largest absolute Gasteiger partial charge is 0.468 e. The van der Waals surface area contributed by atoms with Gasteiger partial charge >= 0.3 is 5.97 Å². The van der Waals surface area contributed by atoms with Gasteiger partial charge in [0.15, 0.2) is 5.82 Å². The molecule has 17 heavy (non-hydrogen) atoms. The molecule has 0 amide bonds. The predicted molar refractivity (Wildman–Crippen MR) is 65.2 cm³/mol. The summed E-state index contributed by atoms with van der Waals surface area (Å²) in [6.07, 6.45) is 1.51. The van der Waals surface area contributed by atoms with Crippen molar-refractivity contribution in [1.82, 2.24) is 14.8 Å². The number of hydrogen-bond acceptors (Lipinski definition) is 4. The number of carbonyl (C=O) groups excluding carboxylic acids is 1. The van der Waals surface area contributed by atoms with Crippen LogP contribution in [0.3, 0.4) is 0 Å². The molecular weight excluding hydrogens is 286 g/mol. The van der Waals surface area contributed by atoms with E-state index in [2.05, 4.69) is 30.7 Å². The maximum Gasteiger partial charge on any atom is 0.327 e. The zero-order chi connectivity index (χ0) is 12.3. The van der Waals surface area contributed by atoms with Crippen LogP contribution in [-0.2, 0) is 16.1 Å². The van der Waals surface area contributed by atoms with Crippen molar-refractivity contribution >= 4 is 21.9 Å². The Morgan fingerprint density at radius 3 is 2.76 bits per heavy atom. The summed E-state index contributed by atoms with van der Waals surface area (Å²) in [4.78, 5) is 15.2. The van der Waals surface area contributed by atoms with Crippen LogP contribution in [0.1, 0.15) is 0 Å². The number of carbonyl (C=O) groups is 1. The number of benzene rings is 1. The highest BCUT2D eigenvalue weighted by Gasteiger charge is 2.07. The molecule has 1 aromatic heterocycles. The average Bonchev–Trinajstić information content (AvgIpc) is 2.78. The minimum atomic E-state index is -0.350. The first kappa shape index (κ1) is 11.8. The SMILES string of the molecule is COC(=O)Cn1cnc(-c2ccc(Br)cc2)n1. The summed E-state index contributed by atoms with van der Waals surface area (Å²) in [6, 6.07) is 7.64. The van der Waals surface area contributed by atoms with Gasteiger partial charge in [-0.1, -0.05) is 28.1 Å². The molecule has 5 nitrogen and oxygen atoms in total. The van der Waals surface area contributed by atoms with Gasteiger partial charge in [0.1, 0.15) is 12.9 Å². The normalized spacial score (nSPS) is 10.2. The summed E-state index contributed by atoms with van der Waals surface area (Å²) in [5.41, 5.74) is 0.900. The van der Waals surface area contributed by atoms with E-state index in [1.54, 1.807) is 0 Å². The highest BCUT2D eigenvalue weighted by molar-refractivity contribution is 9.10. The van der Waals surface area contributed by atoms with Crippen LogP contribution in [0.4, 0.5) is 0 Å². The van der Waals surface area contributed by atoms with Crippen molar-refractivity contribution in [3.05, 3.63) is 35.1 Å². The van der Waals surface area contributed by atoms with Crippen molar-refractivity contribution in [3.63, 3.8) is 0 Å². The van der Waals surface area contributed by atoms with Crippen LogP contribution < -0.4 is 0 Å². The fourth-order valence-electron chi connectivity index (χ4n) is 1.30. The summed E-state index contributed by atoms with van der Waals surface area (Å²) in [7, 11) is 1.34. The first-order valence-electron chi connectivity index (χ1n) is 4.91. The Morgan fingerprint density at radius 2 is 2.12 bits per heavy atom. The lowest BCUT2D eigenvalue weighted by atomic mass is 10.2. The van der Waals surface area contributed by atoms with E-state index in [4.69, 9.17) is 0 Å². The van der Waals surface area contributed by atoms with Gasteiger partial charge in [-0.05, 0) is 12.1 Å². The third-order valence-electron chi connectivity index (χ3n) is 2.16. The monoisotopic (exact) mass is 295 g/mol. The van der Waals surface area contributed by atoms with Gasteiger partial charge in [0.25, 0.3) is 0 Å². The Kier molecular flexibility index (Phi) is 3.53. The molecule has 1 aromatic carbocycles. The van der Waals surface area contributed by atoms with Gasteiger partial charge in [0.05, 0.1) is 7.11 Å². The lowest BCUT2D eigenvalue weighted by Crippen LogP contribution is -2.11. The second-order valence-electron chi connectivity index (χ2n) is 3.35. The second-order valence-corrected chi connectivity index (χ2v) is 4.26. The number of aromatic nitrogens is 3. The topological polar surface area (TPSA) is 57.0 Å². The van der Waals surface area contributed by atoms with Crippen molar-refractivity contribution in [2.75, 3.05) is 7.11 Å². The van der Waals surface area contributed by atoms with Gasteiger partial charge in [0, 0.05) is 10.0 Å². The van der Waals surface area contributed by atoms with E-state index in [1.807, 2.05) is 24.3 Å². The third-order valence-corrected chi connectivity index (χ3v) is 2.69. The van der Waals surface area contributed by atoms with Crippen molar-refractivity contribution in [3.8, 4) is 11.4 Å². The molecule has 0 saturated carbocycles. The molecule has 0 atom stereocenters. The number of halogens is 1. The van der Waals surface area contributed by atoms with Gasteiger partial charge in [-0.15, -0.1) is 0 Å². The predicted octanol–water partition coefficient (Wildman–Crippen LogP) is 1.88. The third kappa shape index (κ3) is 2.91. The zero-order valence-electron chi connectivity index (χ0n) is 9.13. The van der Waals surface area contributed by atoms with E-state index < -0.39 is 0 Å². The number of hydrogen-bond donors (Lipinski definition) is 0. The number of ether oxygens (including phenoxy) is 1. The summed E-state index contributed by atoms with van der Waals surface area (Å²) in [6.45, 7) is 0.0695. The van der Waals surface area contributed by atoms with Gasteiger partial charge in [-0.25, -0.2) is 9.67 Å². The number of esters is 1. The number of methoxy groups -OCH3 is 1. The summed E-state index contributed by atoms with van der Waals surface area (Å²) >= 11 is 3.36. The van der Waals surface area contributed by atoms with E-state index in [1.165, 1.54) is 18.1 Å². The molecule has 88 valence electrons. The van der Waals surface area contributed by atoms with Crippen LogP contribution in [0.25, 0.3) is 11.4 Å². The first-order chi connectivity index (χ1) is 8.19. The minimum Gasteiger partial charge on any atom is -0.468 e. The fraction of sp³-hybridized carbons (Fsp3) is 0.182. The molecule has 0 saturated heterocycles. The lowest BCUT2D eigenvalue weighted by molar-refractivity contribution is -0.141. The second kappa shape index (κ2) is 5.09. The Morgan fingerprint density at radius 1 is 1.41 bits per heavy atom. The highest BCUT2D eigenvalue weighted by atomic mass is 79.9. The Hall–Kier alpha value is -1.69. The van der Waals surface area contributed by atoms with Crippen LogP contribution in [0.15, 0.2) is 35.1 Å². The van der Waals surface area contributed by atoms with E-state index in [-0.39, 0.29) is 12.5 Å². The molecule has 0 radical (unpaired) electrons. The Balaban J connectivity index is 2.18. The summed E-state index contributed by atoms with van der Waals surface area (Å²) < 4.78 is 6.99. The van der Waals surface area contributed by atoms with Crippen molar-refractivity contribution in [1.29, 1.82) is 0 Å². The molecule has 0 spiro atoms. The maximum absolute atomic E-state index is 11.1. The number of nitrogens with zero attached hydrogens (tertiary/aromatic N) is 3. The van der Waals surface area contributed by atoms with Crippen molar-refractivity contribution < 1.29 is 9.53 Å². The molecule has 0 unspecified atom stereocenters. The molecule has 0 fully saturated rings. The molecule has 1 heterocycles. The molecule has 0 aliphatic rings. The Bertz CT molecular complexity index is 522. The summed E-state index contributed by atoms with van der Waals surface area (Å²) in [5.74, 6) is 0.235. The van der Waals surface area contributed by atoms with Crippen LogP contribution in [0.5, 0.6) is 0 Å². The Labute approximate surface area is 107 Å². The lowest BCUT2D eigenvalue weighted by Gasteiger charge is -1.98. The summed E-state index contributed by atoms with van der Waals surface area (Å²) in [5, 5.41) is 4.19. The van der Waals surface area contributed by atoms with Crippen LogP contribution in [0.2, 0.25) is 0 Å². The minimum absolute atomic E-state index is 0.0695. The van der Waals surface area contributed by atoms with Gasteiger partial charge < -0.3 is 4.74 Å². The molecule has 0 N–H and O–H groups in total. The first-order valence-corrected chi connectivity index (χ1v) is 5.70. The van der Waals surface area contributed by atoms with E-state index in [9.17, 15) is 4.79 Å². The van der Waals surface area contributed by atoms with Crippen LogP contribution >= 0.6 is 15.9 Å². The van der Waals surface area contributed by atoms with Gasteiger partial charge in [-0.3, -0.25) is 4.79 Å². The smallest absolute Gasteiger partial charge is 0.327 e. The standard InChI is InChI=1S/C11H10BrN3O2/c1-17-10(16)6-15-7-13-11(14-15)8-2-4-9(12)5-3-8/h2-5,7H,6H2,1H3. The van der Waals surface area contributed by atoms with Gasteiger partial charge in [0.2, 0.25) is 0 Å². The fourth-order valence-corrected chi connectivity index (χ4v) is 1.56. The molecule has 6 heteroatoms. The quantitative estimate of drug-likeness (QED) is 0.812. The molecule has 2 aromatic rings.